The fraction of sp³-hybridized carbons (Fsp3) is 0.357. The van der Waals surface area contributed by atoms with Crippen molar-refractivity contribution in [1.29, 1.82) is 0 Å². The van der Waals surface area contributed by atoms with E-state index in [1.54, 1.807) is 0 Å². The summed E-state index contributed by atoms with van der Waals surface area (Å²) in [7, 11) is 1.23. The van der Waals surface area contributed by atoms with E-state index in [1.165, 1.54) is 7.05 Å². The van der Waals surface area contributed by atoms with Crippen molar-refractivity contribution in [3.63, 3.8) is 0 Å². The normalized spacial score (nSPS) is 17.4. The Morgan fingerprint density at radius 3 is 2.55 bits per heavy atom. The summed E-state index contributed by atoms with van der Waals surface area (Å²) in [5, 5.41) is 9.03. The third-order valence-corrected chi connectivity index (χ3v) is 3.58. The molecule has 1 N–H and O–H groups in total. The van der Waals surface area contributed by atoms with Crippen LogP contribution in [0.15, 0.2) is 18.2 Å². The highest BCUT2D eigenvalue weighted by atomic mass is 19.2. The first kappa shape index (κ1) is 15.9. The minimum absolute atomic E-state index is 0.00308. The lowest BCUT2D eigenvalue weighted by Gasteiger charge is -2.24. The maximum atomic E-state index is 13.2. The quantitative estimate of drug-likeness (QED) is 0.827. The van der Waals surface area contributed by atoms with Crippen molar-refractivity contribution in [3.8, 4) is 0 Å². The number of amides is 2. The van der Waals surface area contributed by atoms with Crippen LogP contribution in [0.2, 0.25) is 0 Å². The topological polar surface area (TPSA) is 77.9 Å². The molecule has 1 atom stereocenters. The SMILES string of the molecule is CN(C(=O)C(=O)N1CCCC1C(=O)O)c1ccc(F)c(F)c1. The molecular formula is C14H14F2N2O4. The summed E-state index contributed by atoms with van der Waals surface area (Å²) in [5.41, 5.74) is 0.00308. The molecule has 0 aromatic heterocycles. The number of carboxylic acids is 1. The third kappa shape index (κ3) is 2.90. The monoisotopic (exact) mass is 312 g/mol. The Morgan fingerprint density at radius 1 is 1.27 bits per heavy atom. The van der Waals surface area contributed by atoms with Crippen molar-refractivity contribution in [2.75, 3.05) is 18.5 Å². The molecule has 8 heteroatoms. The predicted octanol–water partition coefficient (Wildman–Crippen LogP) is 1.00. The van der Waals surface area contributed by atoms with E-state index in [-0.39, 0.29) is 18.7 Å². The molecule has 0 spiro atoms. The lowest BCUT2D eigenvalue weighted by atomic mass is 10.2. The number of benzene rings is 1. The second-order valence-corrected chi connectivity index (χ2v) is 4.96. The molecule has 1 fully saturated rings. The molecule has 6 nitrogen and oxygen atoms in total. The molecule has 1 saturated heterocycles. The van der Waals surface area contributed by atoms with E-state index in [2.05, 4.69) is 0 Å². The molecule has 0 radical (unpaired) electrons. The first-order valence-electron chi connectivity index (χ1n) is 6.59. The van der Waals surface area contributed by atoms with Crippen molar-refractivity contribution in [2.45, 2.75) is 18.9 Å². The van der Waals surface area contributed by atoms with Crippen LogP contribution in [0.25, 0.3) is 0 Å². The highest BCUT2D eigenvalue weighted by Gasteiger charge is 2.38. The number of likely N-dealkylation sites (N-methyl/N-ethyl adjacent to an activating group) is 1. The largest absolute Gasteiger partial charge is 0.480 e. The van der Waals surface area contributed by atoms with E-state index in [0.29, 0.717) is 6.42 Å². The smallest absolute Gasteiger partial charge is 0.326 e. The van der Waals surface area contributed by atoms with Crippen LogP contribution >= 0.6 is 0 Å². The van der Waals surface area contributed by atoms with Crippen molar-refractivity contribution in [1.82, 2.24) is 4.90 Å². The lowest BCUT2D eigenvalue weighted by molar-refractivity contribution is -0.151. The number of likely N-dealkylation sites (tertiary alicyclic amines) is 1. The minimum Gasteiger partial charge on any atom is -0.480 e. The van der Waals surface area contributed by atoms with Gasteiger partial charge in [-0.2, -0.15) is 0 Å². The van der Waals surface area contributed by atoms with Gasteiger partial charge >= 0.3 is 17.8 Å². The van der Waals surface area contributed by atoms with Gasteiger partial charge in [0, 0.05) is 25.3 Å². The average molecular weight is 312 g/mol. The number of carbonyl (C=O) groups is 3. The Kier molecular flexibility index (Phi) is 4.39. The number of rotatable bonds is 2. The Hall–Kier alpha value is -2.51. The molecule has 118 valence electrons. The van der Waals surface area contributed by atoms with Gasteiger partial charge in [0.05, 0.1) is 0 Å². The van der Waals surface area contributed by atoms with Gasteiger partial charge in [0.15, 0.2) is 11.6 Å². The van der Waals surface area contributed by atoms with Crippen molar-refractivity contribution >= 4 is 23.5 Å². The Labute approximate surface area is 124 Å². The summed E-state index contributed by atoms with van der Waals surface area (Å²) < 4.78 is 26.1. The number of carboxylic acid groups (broad SMARTS) is 1. The summed E-state index contributed by atoms with van der Waals surface area (Å²) >= 11 is 0. The van der Waals surface area contributed by atoms with Crippen molar-refractivity contribution in [2.24, 2.45) is 0 Å². The molecule has 22 heavy (non-hydrogen) atoms. The Balaban J connectivity index is 2.17. The van der Waals surface area contributed by atoms with Crippen LogP contribution in [-0.4, -0.2) is 47.4 Å². The maximum absolute atomic E-state index is 13.2. The van der Waals surface area contributed by atoms with Gasteiger partial charge in [0.25, 0.3) is 0 Å². The molecule has 1 aliphatic rings. The molecule has 1 heterocycles. The van der Waals surface area contributed by atoms with Crippen LogP contribution < -0.4 is 4.90 Å². The molecule has 0 bridgehead atoms. The number of nitrogens with zero attached hydrogens (tertiary/aromatic N) is 2. The number of hydrogen-bond donors (Lipinski definition) is 1. The third-order valence-electron chi connectivity index (χ3n) is 3.58. The molecule has 2 rings (SSSR count). The molecule has 1 aromatic carbocycles. The van der Waals surface area contributed by atoms with E-state index in [9.17, 15) is 23.2 Å². The van der Waals surface area contributed by atoms with E-state index in [1.807, 2.05) is 0 Å². The molecular weight excluding hydrogens is 298 g/mol. The molecule has 1 unspecified atom stereocenters. The Bertz CT molecular complexity index is 635. The van der Waals surface area contributed by atoms with Gasteiger partial charge in [-0.15, -0.1) is 0 Å². The van der Waals surface area contributed by atoms with Gasteiger partial charge in [-0.1, -0.05) is 0 Å². The predicted molar refractivity (Wildman–Crippen MR) is 72.1 cm³/mol. The Morgan fingerprint density at radius 2 is 1.95 bits per heavy atom. The average Bonchev–Trinajstić information content (AvgIpc) is 2.97. The van der Waals surface area contributed by atoms with Crippen LogP contribution in [0, 0.1) is 11.6 Å². The standard InChI is InChI=1S/C14H14F2N2O4/c1-17(8-4-5-9(15)10(16)7-8)12(19)13(20)18-6-2-3-11(18)14(21)22/h4-5,7,11H,2-3,6H2,1H3,(H,21,22). The number of aliphatic carboxylic acids is 1. The van der Waals surface area contributed by atoms with Gasteiger partial charge in [-0.05, 0) is 25.0 Å². The first-order chi connectivity index (χ1) is 10.3. The minimum atomic E-state index is -1.17. The van der Waals surface area contributed by atoms with Crippen LogP contribution in [0.1, 0.15) is 12.8 Å². The van der Waals surface area contributed by atoms with Gasteiger partial charge < -0.3 is 14.9 Å². The maximum Gasteiger partial charge on any atom is 0.326 e. The van der Waals surface area contributed by atoms with Crippen LogP contribution in [0.4, 0.5) is 14.5 Å². The highest BCUT2D eigenvalue weighted by Crippen LogP contribution is 2.21. The fourth-order valence-electron chi connectivity index (χ4n) is 2.34. The van der Waals surface area contributed by atoms with E-state index < -0.39 is 35.5 Å². The molecule has 0 aliphatic carbocycles. The van der Waals surface area contributed by atoms with E-state index in [4.69, 9.17) is 5.11 Å². The van der Waals surface area contributed by atoms with Gasteiger partial charge in [-0.25, -0.2) is 13.6 Å². The molecule has 1 aromatic rings. The molecule has 1 aliphatic heterocycles. The zero-order chi connectivity index (χ0) is 16.4. The zero-order valence-corrected chi connectivity index (χ0v) is 11.8. The van der Waals surface area contributed by atoms with Crippen LogP contribution in [0.5, 0.6) is 0 Å². The summed E-state index contributed by atoms with van der Waals surface area (Å²) in [4.78, 5) is 37.2. The fourth-order valence-corrected chi connectivity index (χ4v) is 2.34. The highest BCUT2D eigenvalue weighted by molar-refractivity contribution is 6.40. The summed E-state index contributed by atoms with van der Waals surface area (Å²) in [6, 6.07) is 1.76. The van der Waals surface area contributed by atoms with Crippen LogP contribution in [-0.2, 0) is 14.4 Å². The van der Waals surface area contributed by atoms with Crippen molar-refractivity contribution < 1.29 is 28.3 Å². The zero-order valence-electron chi connectivity index (χ0n) is 11.8. The number of halogens is 2. The van der Waals surface area contributed by atoms with Gasteiger partial charge in [-0.3, -0.25) is 9.59 Å². The number of anilines is 1. The number of hydrogen-bond acceptors (Lipinski definition) is 3. The summed E-state index contributed by atoms with van der Waals surface area (Å²) in [6.45, 7) is 0.174. The number of carbonyl (C=O) groups excluding carboxylic acids is 2. The molecule has 2 amide bonds. The van der Waals surface area contributed by atoms with Crippen LogP contribution in [0.3, 0.4) is 0 Å². The second kappa shape index (κ2) is 6.08. The summed E-state index contributed by atoms with van der Waals surface area (Å²) in [6.07, 6.45) is 0.772. The van der Waals surface area contributed by atoms with E-state index >= 15 is 0 Å². The summed E-state index contributed by atoms with van der Waals surface area (Å²) in [5.74, 6) is -5.36. The first-order valence-corrected chi connectivity index (χ1v) is 6.59. The molecule has 0 saturated carbocycles. The van der Waals surface area contributed by atoms with Gasteiger partial charge in [0.1, 0.15) is 6.04 Å². The lowest BCUT2D eigenvalue weighted by Crippen LogP contribution is -2.48. The second-order valence-electron chi connectivity index (χ2n) is 4.96. The van der Waals surface area contributed by atoms with Gasteiger partial charge in [0.2, 0.25) is 0 Å². The van der Waals surface area contributed by atoms with E-state index in [0.717, 1.165) is 28.0 Å². The van der Waals surface area contributed by atoms with Crippen molar-refractivity contribution in [3.05, 3.63) is 29.8 Å².